The van der Waals surface area contributed by atoms with Gasteiger partial charge in [0.1, 0.15) is 5.76 Å². The van der Waals surface area contributed by atoms with E-state index in [4.69, 9.17) is 51.5 Å². The number of benzene rings is 1. The summed E-state index contributed by atoms with van der Waals surface area (Å²) >= 11 is 0. The van der Waals surface area contributed by atoms with Crippen LogP contribution in [0.15, 0.2) is 36.1 Å². The van der Waals surface area contributed by atoms with Gasteiger partial charge in [-0.3, -0.25) is 4.90 Å². The highest BCUT2D eigenvalue weighted by Gasteiger charge is 2.37. The minimum Gasteiger partial charge on any atom is -0.493 e. The van der Waals surface area contributed by atoms with Crippen molar-refractivity contribution in [1.82, 2.24) is 4.90 Å². The molecule has 2 aliphatic rings. The summed E-state index contributed by atoms with van der Waals surface area (Å²) in [6, 6.07) is 7.71. The number of hydrogen-bond acceptors (Lipinski definition) is 15. The number of allylic oxidation sites excluding steroid dienone is 1. The second-order valence-corrected chi connectivity index (χ2v) is 11.9. The van der Waals surface area contributed by atoms with Crippen molar-refractivity contribution in [3.8, 4) is 11.5 Å². The van der Waals surface area contributed by atoms with Crippen LogP contribution < -0.4 is 9.47 Å². The summed E-state index contributed by atoms with van der Waals surface area (Å²) in [5.74, 6) is 2.53. The van der Waals surface area contributed by atoms with Crippen LogP contribution in [0.1, 0.15) is 49.8 Å². The van der Waals surface area contributed by atoms with Gasteiger partial charge >= 0.3 is 20.1 Å². The van der Waals surface area contributed by atoms with Gasteiger partial charge in [0, 0.05) is 15.3 Å². The average molecular weight is 668 g/mol. The largest absolute Gasteiger partial charge is 0.534 e. The normalized spacial score (nSPS) is 17.8. The summed E-state index contributed by atoms with van der Waals surface area (Å²) in [7, 11) is 1.07. The molecule has 0 radical (unpaired) electrons. The van der Waals surface area contributed by atoms with Crippen molar-refractivity contribution in [3.63, 3.8) is 0 Å². The third kappa shape index (κ3) is 14.7. The van der Waals surface area contributed by atoms with Crippen LogP contribution >= 0.6 is 7.82 Å². The Morgan fingerprint density at radius 2 is 1.38 bits per heavy atom. The molecule has 15 nitrogen and oxygen atoms in total. The number of phosphoric ester groups is 1. The highest BCUT2D eigenvalue weighted by atomic mass is 31.2. The Morgan fingerprint density at radius 3 is 1.84 bits per heavy atom. The molecule has 3 rings (SSSR count). The van der Waals surface area contributed by atoms with E-state index in [2.05, 4.69) is 4.90 Å². The van der Waals surface area contributed by atoms with Gasteiger partial charge in [-0.05, 0) is 78.3 Å². The number of carbonyl (C=O) groups is 2. The number of rotatable bonds is 16. The lowest BCUT2D eigenvalue weighted by Crippen LogP contribution is -2.30. The SMILES string of the molecule is CC(C)OC(=O)OCOCOP(=O)(OCOCOC(=O)OC(C)C)OC1=CC2C(CC1)CCN2C.COc1ccccc1OC.[HH].[HH]. The molecule has 45 heavy (non-hydrogen) atoms. The number of fused-ring (bicyclic) bond motifs is 1. The number of nitrogens with zero attached hydrogens (tertiary/aromatic N) is 1. The number of para-hydroxylation sites is 2. The van der Waals surface area contributed by atoms with Gasteiger partial charge in [-0.2, -0.15) is 0 Å². The Labute approximate surface area is 267 Å². The fourth-order valence-corrected chi connectivity index (χ4v) is 5.26. The van der Waals surface area contributed by atoms with E-state index in [0.29, 0.717) is 18.1 Å². The first-order chi connectivity index (χ1) is 21.5. The molecule has 1 aliphatic carbocycles. The molecule has 0 N–H and O–H groups in total. The van der Waals surface area contributed by atoms with Crippen molar-refractivity contribution >= 4 is 20.1 Å². The Balaban J connectivity index is 0.00000150. The van der Waals surface area contributed by atoms with Gasteiger partial charge in [0.05, 0.1) is 26.4 Å². The summed E-state index contributed by atoms with van der Waals surface area (Å²) in [4.78, 5) is 24.9. The van der Waals surface area contributed by atoms with E-state index in [9.17, 15) is 14.2 Å². The number of carbonyl (C=O) groups excluding carboxylic acids is 2. The van der Waals surface area contributed by atoms with Crippen molar-refractivity contribution in [2.24, 2.45) is 5.92 Å². The molecule has 0 bridgehead atoms. The Bertz CT molecular complexity index is 1070. The predicted octanol–water partition coefficient (Wildman–Crippen LogP) is 6.32. The van der Waals surface area contributed by atoms with Crippen LogP contribution in [-0.4, -0.2) is 90.4 Å². The van der Waals surface area contributed by atoms with Crippen molar-refractivity contribution < 1.29 is 68.5 Å². The lowest BCUT2D eigenvalue weighted by molar-refractivity contribution is -0.114. The molecule has 0 amide bonds. The van der Waals surface area contributed by atoms with Crippen LogP contribution in [0.25, 0.3) is 0 Å². The Morgan fingerprint density at radius 1 is 0.867 bits per heavy atom. The van der Waals surface area contributed by atoms with E-state index in [1.54, 1.807) is 41.9 Å². The van der Waals surface area contributed by atoms with Gasteiger partial charge in [0.2, 0.25) is 0 Å². The first-order valence-electron chi connectivity index (χ1n) is 14.4. The zero-order valence-corrected chi connectivity index (χ0v) is 27.9. The number of likely N-dealkylation sites (N-methyl/N-ethyl adjacent to an activating group) is 1. The molecule has 0 aromatic heterocycles. The molecule has 2 atom stereocenters. The maximum absolute atomic E-state index is 13.2. The predicted molar refractivity (Wildman–Crippen MR) is 164 cm³/mol. The molecule has 260 valence electrons. The molecule has 1 aromatic carbocycles. The molecule has 1 heterocycles. The van der Waals surface area contributed by atoms with Crippen LogP contribution in [0.4, 0.5) is 9.59 Å². The standard InChI is InChI=1S/C21H36NO12P.C8H10O2.2H2/c1-15(2)32-20(23)28-11-26-13-30-35(25,31-14-27-12-29-21(24)33-16(3)4)34-18-7-6-17-8-9-22(5)19(17)10-18;1-9-7-5-3-4-6-8(7)10-2;;/h10,15-17,19H,6-9,11-14H2,1-5H3;3-6H,1-2H3;2*1H. The van der Waals surface area contributed by atoms with Gasteiger partial charge in [0.25, 0.3) is 0 Å². The van der Waals surface area contributed by atoms with Gasteiger partial charge in [-0.1, -0.05) is 12.1 Å². The minimum absolute atomic E-state index is 0. The van der Waals surface area contributed by atoms with Gasteiger partial charge in [-0.15, -0.1) is 0 Å². The fourth-order valence-electron chi connectivity index (χ4n) is 4.23. The molecule has 1 fully saturated rings. The van der Waals surface area contributed by atoms with Crippen LogP contribution in [0.2, 0.25) is 0 Å². The van der Waals surface area contributed by atoms with E-state index in [0.717, 1.165) is 30.9 Å². The topological polar surface area (TPSA) is 156 Å². The first-order valence-corrected chi connectivity index (χ1v) is 15.9. The van der Waals surface area contributed by atoms with Crippen molar-refractivity contribution in [2.45, 2.75) is 65.2 Å². The number of ether oxygens (including phenoxy) is 8. The van der Waals surface area contributed by atoms with E-state index in [-0.39, 0.29) is 21.1 Å². The minimum atomic E-state index is -4.20. The van der Waals surface area contributed by atoms with Gasteiger partial charge in [0.15, 0.2) is 38.7 Å². The zero-order valence-electron chi connectivity index (χ0n) is 27.0. The summed E-state index contributed by atoms with van der Waals surface area (Å²) in [5.41, 5.74) is 0. The molecule has 0 spiro atoms. The second kappa shape index (κ2) is 20.1. The average Bonchev–Trinajstić information content (AvgIpc) is 3.36. The van der Waals surface area contributed by atoms with Gasteiger partial charge in [-0.25, -0.2) is 23.2 Å². The highest BCUT2D eigenvalue weighted by Crippen LogP contribution is 2.53. The fraction of sp³-hybridized carbons (Fsp3) is 0.655. The lowest BCUT2D eigenvalue weighted by atomic mass is 9.89. The quantitative estimate of drug-likeness (QED) is 0.0834. The second-order valence-electron chi connectivity index (χ2n) is 10.3. The van der Waals surface area contributed by atoms with E-state index < -0.39 is 47.3 Å². The van der Waals surface area contributed by atoms with Crippen LogP contribution in [0.3, 0.4) is 0 Å². The summed E-state index contributed by atoms with van der Waals surface area (Å²) in [6.07, 6.45) is 1.94. The maximum Gasteiger partial charge on any atom is 0.534 e. The monoisotopic (exact) mass is 667 g/mol. The Kier molecular flexibility index (Phi) is 17.1. The first kappa shape index (κ1) is 38.1. The number of likely N-dealkylation sites (tertiary alicyclic amines) is 1. The summed E-state index contributed by atoms with van der Waals surface area (Å²) in [5, 5.41) is 0. The number of hydrogen-bond donors (Lipinski definition) is 0. The van der Waals surface area contributed by atoms with E-state index >= 15 is 0 Å². The maximum atomic E-state index is 13.2. The lowest BCUT2D eigenvalue weighted by Gasteiger charge is -2.29. The molecular formula is C29H50NO14P. The third-order valence-electron chi connectivity index (χ3n) is 6.25. The molecule has 1 aliphatic heterocycles. The summed E-state index contributed by atoms with van der Waals surface area (Å²) < 4.78 is 68.3. The Hall–Kier alpha value is -3.07. The van der Waals surface area contributed by atoms with Crippen LogP contribution in [-0.2, 0) is 46.6 Å². The molecule has 1 saturated heterocycles. The number of phosphoric acid groups is 1. The molecule has 0 saturated carbocycles. The van der Waals surface area contributed by atoms with E-state index in [1.807, 2.05) is 37.4 Å². The molecule has 16 heteroatoms. The van der Waals surface area contributed by atoms with Crippen molar-refractivity contribution in [1.29, 1.82) is 0 Å². The van der Waals surface area contributed by atoms with Crippen LogP contribution in [0.5, 0.6) is 11.5 Å². The highest BCUT2D eigenvalue weighted by molar-refractivity contribution is 7.48. The zero-order chi connectivity index (χ0) is 33.2. The van der Waals surface area contributed by atoms with E-state index in [1.165, 1.54) is 0 Å². The van der Waals surface area contributed by atoms with Crippen molar-refractivity contribution in [3.05, 3.63) is 36.1 Å². The third-order valence-corrected chi connectivity index (χ3v) is 7.55. The van der Waals surface area contributed by atoms with Crippen LogP contribution in [0, 0.1) is 5.92 Å². The number of methoxy groups -OCH3 is 2. The molecular weight excluding hydrogens is 617 g/mol. The van der Waals surface area contributed by atoms with Crippen molar-refractivity contribution in [2.75, 3.05) is 55.0 Å². The van der Waals surface area contributed by atoms with Gasteiger partial charge < -0.3 is 42.4 Å². The molecule has 2 unspecified atom stereocenters. The summed E-state index contributed by atoms with van der Waals surface area (Å²) in [6.45, 7) is 5.53. The molecule has 1 aromatic rings. The smallest absolute Gasteiger partial charge is 0.493 e.